The Morgan fingerprint density at radius 1 is 1.62 bits per heavy atom. The van der Waals surface area contributed by atoms with Crippen molar-refractivity contribution >= 4 is 0 Å². The van der Waals surface area contributed by atoms with E-state index in [1.54, 1.807) is 6.20 Å². The van der Waals surface area contributed by atoms with Gasteiger partial charge in [0, 0.05) is 12.7 Å². The van der Waals surface area contributed by atoms with E-state index in [0.29, 0.717) is 6.54 Å². The monoisotopic (exact) mass is 189 g/mol. The van der Waals surface area contributed by atoms with Crippen LogP contribution >= 0.6 is 0 Å². The van der Waals surface area contributed by atoms with E-state index < -0.39 is 6.43 Å². The Hall–Kier alpha value is -0.970. The number of hydrogen-bond acceptors (Lipinski definition) is 2. The molecule has 0 atom stereocenters. The van der Waals surface area contributed by atoms with Gasteiger partial charge in [-0.2, -0.15) is 0 Å². The van der Waals surface area contributed by atoms with Crippen LogP contribution in [0.3, 0.4) is 0 Å². The number of hydrogen-bond donors (Lipinski definition) is 1. The molecule has 0 aliphatic heterocycles. The van der Waals surface area contributed by atoms with Crippen LogP contribution in [0.2, 0.25) is 0 Å². The average Bonchev–Trinajstić information content (AvgIpc) is 2.48. The van der Waals surface area contributed by atoms with Gasteiger partial charge < -0.3 is 9.88 Å². The minimum atomic E-state index is -2.32. The second kappa shape index (κ2) is 4.91. The molecule has 1 aromatic heterocycles. The fourth-order valence-corrected chi connectivity index (χ4v) is 1.06. The summed E-state index contributed by atoms with van der Waals surface area (Å²) in [5.41, 5.74) is 0.794. The third kappa shape index (κ3) is 3.10. The quantitative estimate of drug-likeness (QED) is 0.755. The van der Waals surface area contributed by atoms with Crippen LogP contribution in [-0.2, 0) is 13.1 Å². The van der Waals surface area contributed by atoms with Gasteiger partial charge >= 0.3 is 0 Å². The zero-order valence-corrected chi connectivity index (χ0v) is 7.50. The van der Waals surface area contributed by atoms with Crippen LogP contribution < -0.4 is 5.32 Å². The first-order valence-corrected chi connectivity index (χ1v) is 4.22. The van der Waals surface area contributed by atoms with Crippen molar-refractivity contribution in [1.82, 2.24) is 14.9 Å². The molecule has 0 unspecified atom stereocenters. The normalized spacial score (nSPS) is 11.1. The summed E-state index contributed by atoms with van der Waals surface area (Å²) in [6, 6.07) is 0. The smallest absolute Gasteiger partial charge is 0.256 e. The highest BCUT2D eigenvalue weighted by molar-refractivity contribution is 4.97. The molecule has 0 amide bonds. The fraction of sp³-hybridized carbons (Fsp3) is 0.625. The van der Waals surface area contributed by atoms with Crippen LogP contribution in [0.4, 0.5) is 8.78 Å². The van der Waals surface area contributed by atoms with Gasteiger partial charge in [0.2, 0.25) is 0 Å². The minimum absolute atomic E-state index is 0.277. The molecule has 1 N–H and O–H groups in total. The Labute approximate surface area is 75.8 Å². The number of nitrogens with zero attached hydrogens (tertiary/aromatic N) is 2. The van der Waals surface area contributed by atoms with Crippen LogP contribution in [-0.4, -0.2) is 22.5 Å². The zero-order valence-electron chi connectivity index (χ0n) is 7.50. The molecule has 0 aromatic carbocycles. The first-order valence-electron chi connectivity index (χ1n) is 4.22. The number of halogens is 2. The molecule has 0 saturated heterocycles. The van der Waals surface area contributed by atoms with Gasteiger partial charge in [0.15, 0.2) is 0 Å². The highest BCUT2D eigenvalue weighted by atomic mass is 19.3. The van der Waals surface area contributed by atoms with Crippen LogP contribution in [0.25, 0.3) is 0 Å². The van der Waals surface area contributed by atoms with Crippen molar-refractivity contribution in [3.05, 3.63) is 18.2 Å². The van der Waals surface area contributed by atoms with Crippen molar-refractivity contribution in [2.45, 2.75) is 26.4 Å². The summed E-state index contributed by atoms with van der Waals surface area (Å²) in [4.78, 5) is 3.82. The van der Waals surface area contributed by atoms with Crippen molar-refractivity contribution < 1.29 is 8.78 Å². The lowest BCUT2D eigenvalue weighted by Crippen LogP contribution is -2.17. The maximum atomic E-state index is 12.0. The predicted octanol–water partition coefficient (Wildman–Crippen LogP) is 1.26. The molecule has 0 saturated carbocycles. The summed E-state index contributed by atoms with van der Waals surface area (Å²) in [7, 11) is 0. The molecule has 0 fully saturated rings. The summed E-state index contributed by atoms with van der Waals surface area (Å²) >= 11 is 0. The SMILES string of the molecule is CCNCc1cncn1CC(F)F. The standard InChI is InChI=1S/C8H13F2N3/c1-2-11-3-7-4-12-6-13(7)5-8(9)10/h4,6,8,11H,2-3,5H2,1H3. The Kier molecular flexibility index (Phi) is 3.82. The highest BCUT2D eigenvalue weighted by Crippen LogP contribution is 2.03. The Morgan fingerprint density at radius 3 is 3.00 bits per heavy atom. The lowest BCUT2D eigenvalue weighted by Gasteiger charge is -2.06. The third-order valence-electron chi connectivity index (χ3n) is 1.69. The maximum absolute atomic E-state index is 12.0. The number of nitrogens with one attached hydrogen (secondary N) is 1. The summed E-state index contributed by atoms with van der Waals surface area (Å²) in [5.74, 6) is 0. The molecule has 0 spiro atoms. The van der Waals surface area contributed by atoms with Gasteiger partial charge in [0.1, 0.15) is 0 Å². The minimum Gasteiger partial charge on any atom is -0.328 e. The number of alkyl halides is 2. The van der Waals surface area contributed by atoms with E-state index in [0.717, 1.165) is 12.2 Å². The third-order valence-corrected chi connectivity index (χ3v) is 1.69. The first-order chi connectivity index (χ1) is 6.24. The second-order valence-corrected chi connectivity index (χ2v) is 2.71. The van der Waals surface area contributed by atoms with Gasteiger partial charge in [0.25, 0.3) is 6.43 Å². The molecular formula is C8H13F2N3. The van der Waals surface area contributed by atoms with Crippen LogP contribution in [0.1, 0.15) is 12.6 Å². The van der Waals surface area contributed by atoms with Crippen molar-refractivity contribution in [3.8, 4) is 0 Å². The Bertz CT molecular complexity index is 247. The number of aromatic nitrogens is 2. The van der Waals surface area contributed by atoms with E-state index in [-0.39, 0.29) is 6.54 Å². The van der Waals surface area contributed by atoms with E-state index in [2.05, 4.69) is 10.3 Å². The lowest BCUT2D eigenvalue weighted by atomic mass is 10.4. The van der Waals surface area contributed by atoms with Crippen molar-refractivity contribution in [2.75, 3.05) is 6.54 Å². The number of imidazole rings is 1. The van der Waals surface area contributed by atoms with Gasteiger partial charge in [-0.3, -0.25) is 0 Å². The number of rotatable bonds is 5. The molecule has 0 aliphatic carbocycles. The van der Waals surface area contributed by atoms with E-state index in [1.807, 2.05) is 6.92 Å². The molecule has 0 bridgehead atoms. The molecule has 0 radical (unpaired) electrons. The lowest BCUT2D eigenvalue weighted by molar-refractivity contribution is 0.125. The van der Waals surface area contributed by atoms with Gasteiger partial charge in [-0.25, -0.2) is 13.8 Å². The molecule has 0 aliphatic rings. The largest absolute Gasteiger partial charge is 0.328 e. The van der Waals surface area contributed by atoms with E-state index in [4.69, 9.17) is 0 Å². The van der Waals surface area contributed by atoms with Crippen molar-refractivity contribution in [2.24, 2.45) is 0 Å². The predicted molar refractivity (Wildman–Crippen MR) is 45.6 cm³/mol. The van der Waals surface area contributed by atoms with Crippen LogP contribution in [0, 0.1) is 0 Å². The first kappa shape index (κ1) is 10.1. The van der Waals surface area contributed by atoms with E-state index >= 15 is 0 Å². The molecule has 13 heavy (non-hydrogen) atoms. The zero-order chi connectivity index (χ0) is 9.68. The van der Waals surface area contributed by atoms with Crippen molar-refractivity contribution in [3.63, 3.8) is 0 Å². The fourth-order valence-electron chi connectivity index (χ4n) is 1.06. The molecule has 3 nitrogen and oxygen atoms in total. The maximum Gasteiger partial charge on any atom is 0.256 e. The van der Waals surface area contributed by atoms with Crippen LogP contribution in [0.5, 0.6) is 0 Å². The molecule has 1 heterocycles. The van der Waals surface area contributed by atoms with Gasteiger partial charge in [-0.15, -0.1) is 0 Å². The average molecular weight is 189 g/mol. The highest BCUT2D eigenvalue weighted by Gasteiger charge is 2.07. The van der Waals surface area contributed by atoms with Gasteiger partial charge in [-0.05, 0) is 6.54 Å². The molecule has 1 aromatic rings. The van der Waals surface area contributed by atoms with E-state index in [1.165, 1.54) is 10.9 Å². The van der Waals surface area contributed by atoms with Gasteiger partial charge in [0.05, 0.1) is 18.6 Å². The molecule has 1 rings (SSSR count). The summed E-state index contributed by atoms with van der Waals surface area (Å²) in [6.45, 7) is 3.09. The molecule has 74 valence electrons. The second-order valence-electron chi connectivity index (χ2n) is 2.71. The van der Waals surface area contributed by atoms with E-state index in [9.17, 15) is 8.78 Å². The summed E-state index contributed by atoms with van der Waals surface area (Å²) in [5, 5.41) is 3.06. The van der Waals surface area contributed by atoms with Crippen molar-refractivity contribution in [1.29, 1.82) is 0 Å². The topological polar surface area (TPSA) is 29.9 Å². The molecular weight excluding hydrogens is 176 g/mol. The summed E-state index contributed by atoms with van der Waals surface area (Å²) in [6.07, 6.45) is 0.707. The molecule has 5 heteroatoms. The van der Waals surface area contributed by atoms with Gasteiger partial charge in [-0.1, -0.05) is 6.92 Å². The Balaban J connectivity index is 2.55. The Morgan fingerprint density at radius 2 is 2.38 bits per heavy atom. The summed E-state index contributed by atoms with van der Waals surface area (Å²) < 4.78 is 25.5. The van der Waals surface area contributed by atoms with Crippen LogP contribution in [0.15, 0.2) is 12.5 Å².